The summed E-state index contributed by atoms with van der Waals surface area (Å²) in [6, 6.07) is 4.49. The van der Waals surface area contributed by atoms with Gasteiger partial charge in [-0.05, 0) is 0 Å². The molecule has 1 N–H and O–H groups in total. The van der Waals surface area contributed by atoms with Crippen LogP contribution in [-0.2, 0) is 0 Å². The molecular weight excluding hydrogens is 192 g/mol. The molecule has 15 heavy (non-hydrogen) atoms. The minimum absolute atomic E-state index is 0.0385. The van der Waals surface area contributed by atoms with E-state index in [-0.39, 0.29) is 19.0 Å². The highest BCUT2D eigenvalue weighted by molar-refractivity contribution is 5.41. The van der Waals surface area contributed by atoms with E-state index >= 15 is 0 Å². The molecule has 0 radical (unpaired) electrons. The average Bonchev–Trinajstić information content (AvgIpc) is 2.23. The van der Waals surface area contributed by atoms with Crippen LogP contribution in [-0.4, -0.2) is 18.3 Å². The zero-order chi connectivity index (χ0) is 11.1. The molecular formula is C12H10O3. The molecule has 1 rings (SSSR count). The van der Waals surface area contributed by atoms with Crippen molar-refractivity contribution in [1.29, 1.82) is 0 Å². The molecule has 0 amide bonds. The van der Waals surface area contributed by atoms with Gasteiger partial charge in [0.15, 0.2) is 0 Å². The van der Waals surface area contributed by atoms with Crippen molar-refractivity contribution < 1.29 is 14.6 Å². The Bertz CT molecular complexity index is 374. The second-order valence-corrected chi connectivity index (χ2v) is 2.65. The van der Waals surface area contributed by atoms with Crippen molar-refractivity contribution in [1.82, 2.24) is 0 Å². The molecule has 0 aliphatic carbocycles. The predicted octanol–water partition coefficient (Wildman–Crippen LogP) is 1.42. The third-order valence-electron chi connectivity index (χ3n) is 1.51. The third-order valence-corrected chi connectivity index (χ3v) is 1.51. The van der Waals surface area contributed by atoms with E-state index < -0.39 is 0 Å². The van der Waals surface area contributed by atoms with Crippen LogP contribution in [0.1, 0.15) is 0 Å². The van der Waals surface area contributed by atoms with E-state index in [0.29, 0.717) is 11.5 Å². The molecule has 0 atom stereocenters. The molecule has 3 nitrogen and oxygen atoms in total. The Morgan fingerprint density at radius 2 is 1.47 bits per heavy atom. The number of aromatic hydroxyl groups is 1. The molecule has 0 fully saturated rings. The lowest BCUT2D eigenvalue weighted by Crippen LogP contribution is -1.96. The minimum Gasteiger partial charge on any atom is -0.508 e. The van der Waals surface area contributed by atoms with Crippen molar-refractivity contribution in [3.05, 3.63) is 18.2 Å². The number of phenols is 1. The van der Waals surface area contributed by atoms with Gasteiger partial charge in [0, 0.05) is 18.2 Å². The first-order valence-electron chi connectivity index (χ1n) is 4.23. The van der Waals surface area contributed by atoms with Gasteiger partial charge in [-0.2, -0.15) is 0 Å². The summed E-state index contributed by atoms with van der Waals surface area (Å²) < 4.78 is 10.3. The molecule has 1 aromatic carbocycles. The first-order chi connectivity index (χ1) is 7.26. The Hall–Kier alpha value is -2.26. The van der Waals surface area contributed by atoms with E-state index in [2.05, 4.69) is 11.8 Å². The lowest BCUT2D eigenvalue weighted by atomic mass is 10.3. The molecule has 0 bridgehead atoms. The first kappa shape index (κ1) is 10.8. The Morgan fingerprint density at radius 1 is 1.00 bits per heavy atom. The van der Waals surface area contributed by atoms with Gasteiger partial charge in [-0.3, -0.25) is 0 Å². The summed E-state index contributed by atoms with van der Waals surface area (Å²) in [5.41, 5.74) is 0. The normalized spacial score (nSPS) is 8.67. The van der Waals surface area contributed by atoms with E-state index in [1.807, 2.05) is 0 Å². The van der Waals surface area contributed by atoms with Crippen molar-refractivity contribution in [2.24, 2.45) is 0 Å². The van der Waals surface area contributed by atoms with E-state index in [1.54, 1.807) is 6.07 Å². The molecule has 0 aliphatic rings. The molecule has 0 saturated carbocycles. The van der Waals surface area contributed by atoms with E-state index in [4.69, 9.17) is 22.3 Å². The highest BCUT2D eigenvalue weighted by Gasteiger charge is 2.01. The first-order valence-corrected chi connectivity index (χ1v) is 4.23. The number of ether oxygens (including phenoxy) is 2. The van der Waals surface area contributed by atoms with Crippen molar-refractivity contribution in [2.75, 3.05) is 13.2 Å². The average molecular weight is 202 g/mol. The van der Waals surface area contributed by atoms with Gasteiger partial charge in [0.25, 0.3) is 0 Å². The van der Waals surface area contributed by atoms with E-state index in [9.17, 15) is 5.11 Å². The van der Waals surface area contributed by atoms with Gasteiger partial charge in [-0.1, -0.05) is 11.8 Å². The summed E-state index contributed by atoms with van der Waals surface area (Å²) in [4.78, 5) is 0. The molecule has 0 heterocycles. The summed E-state index contributed by atoms with van der Waals surface area (Å²) in [6.45, 7) is 0.274. The Labute approximate surface area is 88.6 Å². The predicted molar refractivity (Wildman–Crippen MR) is 56.8 cm³/mol. The van der Waals surface area contributed by atoms with Gasteiger partial charge in [0.05, 0.1) is 0 Å². The van der Waals surface area contributed by atoms with Crippen LogP contribution in [0.5, 0.6) is 17.2 Å². The fraction of sp³-hybridized carbons (Fsp3) is 0.167. The monoisotopic (exact) mass is 202 g/mol. The maximum atomic E-state index is 9.33. The second-order valence-electron chi connectivity index (χ2n) is 2.65. The summed E-state index contributed by atoms with van der Waals surface area (Å²) in [5, 5.41) is 9.33. The maximum absolute atomic E-state index is 9.33. The van der Waals surface area contributed by atoms with Gasteiger partial charge >= 0.3 is 0 Å². The van der Waals surface area contributed by atoms with Crippen LogP contribution >= 0.6 is 0 Å². The molecule has 3 heteroatoms. The third kappa shape index (κ3) is 3.54. The van der Waals surface area contributed by atoms with Crippen LogP contribution in [0.4, 0.5) is 0 Å². The van der Waals surface area contributed by atoms with Crippen molar-refractivity contribution in [3.63, 3.8) is 0 Å². The summed E-state index contributed by atoms with van der Waals surface area (Å²) in [5.74, 6) is 5.57. The highest BCUT2D eigenvalue weighted by atomic mass is 16.5. The zero-order valence-electron chi connectivity index (χ0n) is 8.06. The Balaban J connectivity index is 2.77. The Kier molecular flexibility index (Phi) is 3.94. The fourth-order valence-electron chi connectivity index (χ4n) is 0.973. The fourth-order valence-corrected chi connectivity index (χ4v) is 0.973. The van der Waals surface area contributed by atoms with Crippen LogP contribution in [0.2, 0.25) is 0 Å². The smallest absolute Gasteiger partial charge is 0.148 e. The van der Waals surface area contributed by atoms with Crippen LogP contribution in [0.15, 0.2) is 18.2 Å². The van der Waals surface area contributed by atoms with Crippen LogP contribution in [0.25, 0.3) is 0 Å². The summed E-state index contributed by atoms with van der Waals surface area (Å²) >= 11 is 0. The minimum atomic E-state index is 0.0385. The van der Waals surface area contributed by atoms with Crippen LogP contribution < -0.4 is 9.47 Å². The summed E-state index contributed by atoms with van der Waals surface area (Å²) in [6.07, 6.45) is 10.1. The number of benzene rings is 1. The molecule has 0 aliphatic heterocycles. The number of rotatable bonds is 4. The number of phenolic OH excluding ortho intramolecular Hbond substituents is 1. The second kappa shape index (κ2) is 5.47. The van der Waals surface area contributed by atoms with Gasteiger partial charge in [-0.15, -0.1) is 12.8 Å². The van der Waals surface area contributed by atoms with Crippen LogP contribution in [0, 0.1) is 24.7 Å². The van der Waals surface area contributed by atoms with Crippen molar-refractivity contribution in [2.45, 2.75) is 0 Å². The van der Waals surface area contributed by atoms with Gasteiger partial charge in [-0.25, -0.2) is 0 Å². The number of hydrogen-bond acceptors (Lipinski definition) is 3. The highest BCUT2D eigenvalue weighted by Crippen LogP contribution is 2.26. The molecule has 76 valence electrons. The number of hydrogen-bond donors (Lipinski definition) is 1. The number of terminal acetylenes is 2. The van der Waals surface area contributed by atoms with Crippen molar-refractivity contribution >= 4 is 0 Å². The largest absolute Gasteiger partial charge is 0.508 e. The van der Waals surface area contributed by atoms with Gasteiger partial charge in [0.1, 0.15) is 30.5 Å². The molecule has 1 aromatic rings. The summed E-state index contributed by atoms with van der Waals surface area (Å²) in [7, 11) is 0. The molecule has 0 saturated heterocycles. The SMILES string of the molecule is C#CCOc1cc(O)cc(OCC#C)c1. The van der Waals surface area contributed by atoms with Crippen molar-refractivity contribution in [3.8, 4) is 41.9 Å². The van der Waals surface area contributed by atoms with Gasteiger partial charge in [0.2, 0.25) is 0 Å². The van der Waals surface area contributed by atoms with E-state index in [1.165, 1.54) is 12.1 Å². The molecule has 0 aromatic heterocycles. The zero-order valence-corrected chi connectivity index (χ0v) is 8.06. The quantitative estimate of drug-likeness (QED) is 0.750. The van der Waals surface area contributed by atoms with Crippen LogP contribution in [0.3, 0.4) is 0 Å². The van der Waals surface area contributed by atoms with E-state index in [0.717, 1.165) is 0 Å². The topological polar surface area (TPSA) is 38.7 Å². The molecule has 0 unspecified atom stereocenters. The Morgan fingerprint density at radius 3 is 1.87 bits per heavy atom. The van der Waals surface area contributed by atoms with Gasteiger partial charge < -0.3 is 14.6 Å². The standard InChI is InChI=1S/C12H10O3/c1-3-5-14-11-7-10(13)8-12(9-11)15-6-4-2/h1-2,7-9,13H,5-6H2. The lowest BCUT2D eigenvalue weighted by Gasteiger charge is -2.07. The molecule has 0 spiro atoms. The maximum Gasteiger partial charge on any atom is 0.148 e. The lowest BCUT2D eigenvalue weighted by molar-refractivity contribution is 0.346.